The van der Waals surface area contributed by atoms with E-state index in [4.69, 9.17) is 4.74 Å². The highest BCUT2D eigenvalue weighted by molar-refractivity contribution is 7.91. The monoisotopic (exact) mass is 464 g/mol. The molecule has 1 N–H and O–H groups in total. The molecule has 1 aliphatic rings. The van der Waals surface area contributed by atoms with Crippen LogP contribution < -0.4 is 10.1 Å². The van der Waals surface area contributed by atoms with Gasteiger partial charge in [-0.15, -0.1) is 11.3 Å². The van der Waals surface area contributed by atoms with Crippen molar-refractivity contribution < 1.29 is 22.7 Å². The number of thiophene rings is 1. The van der Waals surface area contributed by atoms with Crippen molar-refractivity contribution in [1.82, 2.24) is 9.62 Å². The molecule has 9 heteroatoms. The second kappa shape index (κ2) is 10.9. The van der Waals surface area contributed by atoms with Gasteiger partial charge in [-0.2, -0.15) is 4.31 Å². The summed E-state index contributed by atoms with van der Waals surface area (Å²) in [6.45, 7) is 4.03. The van der Waals surface area contributed by atoms with Crippen molar-refractivity contribution in [1.29, 1.82) is 0 Å². The van der Waals surface area contributed by atoms with E-state index in [1.165, 1.54) is 15.6 Å². The number of carbonyl (C=O) groups excluding carboxylic acids is 2. The van der Waals surface area contributed by atoms with E-state index in [9.17, 15) is 18.0 Å². The zero-order chi connectivity index (χ0) is 22.3. The fourth-order valence-electron chi connectivity index (χ4n) is 3.25. The van der Waals surface area contributed by atoms with Crippen LogP contribution in [0.2, 0.25) is 0 Å². The Labute approximate surface area is 187 Å². The molecule has 2 heterocycles. The van der Waals surface area contributed by atoms with E-state index in [2.05, 4.69) is 5.32 Å². The molecule has 7 nitrogen and oxygen atoms in total. The minimum Gasteiger partial charge on any atom is -0.494 e. The van der Waals surface area contributed by atoms with Crippen molar-refractivity contribution in [2.45, 2.75) is 49.8 Å². The van der Waals surface area contributed by atoms with Crippen LogP contribution in [0.15, 0.2) is 40.6 Å². The summed E-state index contributed by atoms with van der Waals surface area (Å²) in [5.74, 6) is 0.374. The first kappa shape index (κ1) is 23.4. The smallest absolute Gasteiger partial charge is 0.252 e. The Hall–Kier alpha value is -2.23. The van der Waals surface area contributed by atoms with E-state index in [-0.39, 0.29) is 31.1 Å². The maximum atomic E-state index is 12.6. The molecule has 1 amide bonds. The van der Waals surface area contributed by atoms with Gasteiger partial charge >= 0.3 is 0 Å². The number of ether oxygens (including phenoxy) is 1. The van der Waals surface area contributed by atoms with Gasteiger partial charge in [0.25, 0.3) is 10.0 Å². The zero-order valence-corrected chi connectivity index (χ0v) is 19.3. The highest BCUT2D eigenvalue weighted by Gasteiger charge is 2.28. The van der Waals surface area contributed by atoms with E-state index < -0.39 is 10.0 Å². The van der Waals surface area contributed by atoms with Gasteiger partial charge in [0.05, 0.1) is 13.2 Å². The van der Waals surface area contributed by atoms with E-state index in [0.717, 1.165) is 29.9 Å². The molecule has 31 heavy (non-hydrogen) atoms. The Morgan fingerprint density at radius 3 is 2.45 bits per heavy atom. The molecular weight excluding hydrogens is 436 g/mol. The fourth-order valence-corrected chi connectivity index (χ4v) is 6.22. The SMILES string of the molecule is CCCOc1ccc(C(=O)CCC(=O)NCc2ccc(S(=O)(=O)N3CCCC3)s2)cc1. The summed E-state index contributed by atoms with van der Waals surface area (Å²) in [5, 5.41) is 2.76. The normalized spacial score (nSPS) is 14.5. The number of benzene rings is 1. The van der Waals surface area contributed by atoms with Gasteiger partial charge in [-0.3, -0.25) is 9.59 Å². The van der Waals surface area contributed by atoms with Crippen molar-refractivity contribution in [2.75, 3.05) is 19.7 Å². The van der Waals surface area contributed by atoms with Gasteiger partial charge in [0.1, 0.15) is 9.96 Å². The van der Waals surface area contributed by atoms with Gasteiger partial charge in [0, 0.05) is 36.4 Å². The molecule has 0 radical (unpaired) electrons. The Morgan fingerprint density at radius 2 is 1.77 bits per heavy atom. The molecule has 0 spiro atoms. The highest BCUT2D eigenvalue weighted by Crippen LogP contribution is 2.27. The minimum absolute atomic E-state index is 0.0806. The standard InChI is InChI=1S/C22H28N2O5S2/c1-2-15-29-18-7-5-17(6-8-18)20(25)10-11-21(26)23-16-19-9-12-22(30-19)31(27,28)24-13-3-4-14-24/h5-9,12H,2-4,10-11,13-16H2,1H3,(H,23,26). The number of nitrogens with zero attached hydrogens (tertiary/aromatic N) is 1. The molecule has 0 bridgehead atoms. The van der Waals surface area contributed by atoms with Crippen LogP contribution in [0, 0.1) is 0 Å². The van der Waals surface area contributed by atoms with Crippen LogP contribution in [0.4, 0.5) is 0 Å². The third-order valence-electron chi connectivity index (χ3n) is 4.98. The molecule has 0 atom stereocenters. The molecule has 0 saturated carbocycles. The molecule has 1 saturated heterocycles. The lowest BCUT2D eigenvalue weighted by molar-refractivity contribution is -0.121. The largest absolute Gasteiger partial charge is 0.494 e. The van der Waals surface area contributed by atoms with Crippen LogP contribution in [0.3, 0.4) is 0 Å². The molecule has 168 valence electrons. The molecule has 0 unspecified atom stereocenters. The van der Waals surface area contributed by atoms with Crippen LogP contribution in [0.1, 0.15) is 54.3 Å². The number of sulfonamides is 1. The number of hydrogen-bond donors (Lipinski definition) is 1. The third kappa shape index (κ3) is 6.38. The second-order valence-corrected chi connectivity index (χ2v) is 10.7. The van der Waals surface area contributed by atoms with Gasteiger partial charge in [-0.25, -0.2) is 8.42 Å². The highest BCUT2D eigenvalue weighted by atomic mass is 32.2. The first-order valence-corrected chi connectivity index (χ1v) is 12.8. The molecule has 1 fully saturated rings. The molecule has 3 rings (SSSR count). The summed E-state index contributed by atoms with van der Waals surface area (Å²) < 4.78 is 32.5. The number of Topliss-reactive ketones (excluding diaryl/α,β-unsaturated/α-hetero) is 1. The Balaban J connectivity index is 1.44. The number of amides is 1. The summed E-state index contributed by atoms with van der Waals surface area (Å²) in [6.07, 6.45) is 2.89. The number of nitrogens with one attached hydrogen (secondary N) is 1. The van der Waals surface area contributed by atoms with E-state index in [1.54, 1.807) is 36.4 Å². The average Bonchev–Trinajstić information content (AvgIpc) is 3.48. The van der Waals surface area contributed by atoms with Crippen molar-refractivity contribution in [3.05, 3.63) is 46.8 Å². The van der Waals surface area contributed by atoms with Gasteiger partial charge in [-0.05, 0) is 55.7 Å². The van der Waals surface area contributed by atoms with Gasteiger partial charge in [0.2, 0.25) is 5.91 Å². The van der Waals surface area contributed by atoms with Crippen molar-refractivity contribution in [3.63, 3.8) is 0 Å². The Bertz CT molecular complexity index is 993. The number of rotatable bonds is 11. The predicted molar refractivity (Wildman–Crippen MR) is 120 cm³/mol. The zero-order valence-electron chi connectivity index (χ0n) is 17.6. The third-order valence-corrected chi connectivity index (χ3v) is 8.44. The molecule has 1 aliphatic heterocycles. The summed E-state index contributed by atoms with van der Waals surface area (Å²) >= 11 is 1.17. The van der Waals surface area contributed by atoms with Gasteiger partial charge < -0.3 is 10.1 Å². The van der Waals surface area contributed by atoms with E-state index >= 15 is 0 Å². The van der Waals surface area contributed by atoms with Crippen LogP contribution in [-0.2, 0) is 21.4 Å². The molecule has 0 aliphatic carbocycles. The average molecular weight is 465 g/mol. The first-order chi connectivity index (χ1) is 14.9. The minimum atomic E-state index is -3.43. The van der Waals surface area contributed by atoms with E-state index in [0.29, 0.717) is 29.5 Å². The van der Waals surface area contributed by atoms with Crippen molar-refractivity contribution in [3.8, 4) is 5.75 Å². The number of hydrogen-bond acceptors (Lipinski definition) is 6. The summed E-state index contributed by atoms with van der Waals surface area (Å²) in [5.41, 5.74) is 0.548. The van der Waals surface area contributed by atoms with Gasteiger partial charge in [0.15, 0.2) is 5.78 Å². The molecular formula is C22H28N2O5S2. The van der Waals surface area contributed by atoms with E-state index in [1.807, 2.05) is 6.92 Å². The second-order valence-electron chi connectivity index (χ2n) is 7.40. The first-order valence-electron chi connectivity index (χ1n) is 10.5. The number of ketones is 1. The van der Waals surface area contributed by atoms with Crippen LogP contribution in [0.25, 0.3) is 0 Å². The Kier molecular flexibility index (Phi) is 8.22. The number of carbonyl (C=O) groups is 2. The predicted octanol–water partition coefficient (Wildman–Crippen LogP) is 3.60. The Morgan fingerprint density at radius 1 is 1.06 bits per heavy atom. The summed E-state index contributed by atoms with van der Waals surface area (Å²) in [6, 6.07) is 10.2. The summed E-state index contributed by atoms with van der Waals surface area (Å²) in [7, 11) is -3.43. The van der Waals surface area contributed by atoms with Crippen LogP contribution in [-0.4, -0.2) is 44.1 Å². The summed E-state index contributed by atoms with van der Waals surface area (Å²) in [4.78, 5) is 25.2. The van der Waals surface area contributed by atoms with Crippen molar-refractivity contribution in [2.24, 2.45) is 0 Å². The quantitative estimate of drug-likeness (QED) is 0.513. The fraction of sp³-hybridized carbons (Fsp3) is 0.455. The lowest BCUT2D eigenvalue weighted by atomic mass is 10.1. The molecule has 1 aromatic heterocycles. The lowest BCUT2D eigenvalue weighted by Crippen LogP contribution is -2.27. The molecule has 2 aromatic rings. The van der Waals surface area contributed by atoms with Crippen molar-refractivity contribution >= 4 is 33.1 Å². The maximum absolute atomic E-state index is 12.6. The topological polar surface area (TPSA) is 92.8 Å². The lowest BCUT2D eigenvalue weighted by Gasteiger charge is -2.13. The van der Waals surface area contributed by atoms with Crippen LogP contribution in [0.5, 0.6) is 5.75 Å². The molecule has 1 aromatic carbocycles. The van der Waals surface area contributed by atoms with Crippen LogP contribution >= 0.6 is 11.3 Å². The van der Waals surface area contributed by atoms with Gasteiger partial charge in [-0.1, -0.05) is 6.92 Å². The maximum Gasteiger partial charge on any atom is 0.252 e.